The summed E-state index contributed by atoms with van der Waals surface area (Å²) in [6.45, 7) is 3.61. The average Bonchev–Trinajstić information content (AvgIpc) is 3.26. The van der Waals surface area contributed by atoms with Crippen LogP contribution in [0.3, 0.4) is 0 Å². The molecule has 3 aliphatic heterocycles. The number of fused-ring (bicyclic) bond motifs is 1. The Bertz CT molecular complexity index is 697. The first-order chi connectivity index (χ1) is 13.7. The zero-order valence-corrected chi connectivity index (χ0v) is 16.2. The van der Waals surface area contributed by atoms with Crippen molar-refractivity contribution in [1.82, 2.24) is 15.5 Å². The number of likely N-dealkylation sites (tertiary alicyclic amines) is 1. The normalized spacial score (nSPS) is 24.8. The van der Waals surface area contributed by atoms with Crippen LogP contribution in [-0.2, 0) is 9.59 Å². The number of carbonyl (C=O) groups is 2. The first-order valence-corrected chi connectivity index (χ1v) is 10.4. The quantitative estimate of drug-likeness (QED) is 0.797. The zero-order valence-electron chi connectivity index (χ0n) is 16.2. The van der Waals surface area contributed by atoms with E-state index in [0.29, 0.717) is 36.9 Å². The molecule has 2 atom stereocenters. The molecule has 1 aromatic carbocycles. The van der Waals surface area contributed by atoms with Crippen molar-refractivity contribution >= 4 is 11.8 Å². The highest BCUT2D eigenvalue weighted by atomic mass is 16.6. The summed E-state index contributed by atoms with van der Waals surface area (Å²) in [4.78, 5) is 26.8. The predicted octanol–water partition coefficient (Wildman–Crippen LogP) is 1.32. The molecule has 0 spiro atoms. The molecule has 2 unspecified atom stereocenters. The summed E-state index contributed by atoms with van der Waals surface area (Å²) >= 11 is 0. The molecule has 0 radical (unpaired) electrons. The lowest BCUT2D eigenvalue weighted by Crippen LogP contribution is -2.52. The number of amides is 2. The van der Waals surface area contributed by atoms with Crippen molar-refractivity contribution in [3.8, 4) is 11.5 Å². The smallest absolute Gasteiger partial charge is 0.267 e. The van der Waals surface area contributed by atoms with Crippen molar-refractivity contribution in [1.29, 1.82) is 0 Å². The molecule has 4 rings (SSSR count). The van der Waals surface area contributed by atoms with Gasteiger partial charge in [0.2, 0.25) is 12.0 Å². The van der Waals surface area contributed by atoms with Crippen molar-refractivity contribution in [2.75, 3.05) is 32.8 Å². The molecular formula is C21H29N3O4. The van der Waals surface area contributed by atoms with Crippen LogP contribution in [-0.4, -0.2) is 61.6 Å². The second-order valence-corrected chi connectivity index (χ2v) is 7.93. The maximum Gasteiger partial charge on any atom is 0.267 e. The fourth-order valence-electron chi connectivity index (χ4n) is 4.18. The number of ether oxygens (including phenoxy) is 2. The molecule has 0 aliphatic carbocycles. The van der Waals surface area contributed by atoms with E-state index < -0.39 is 6.10 Å². The van der Waals surface area contributed by atoms with E-state index in [0.717, 1.165) is 32.4 Å². The van der Waals surface area contributed by atoms with Crippen LogP contribution < -0.4 is 20.1 Å². The maximum absolute atomic E-state index is 12.8. The Kier molecular flexibility index (Phi) is 6.00. The van der Waals surface area contributed by atoms with Gasteiger partial charge in [-0.3, -0.25) is 9.59 Å². The number of rotatable bonds is 5. The van der Waals surface area contributed by atoms with E-state index in [1.807, 2.05) is 29.2 Å². The number of hydrogen-bond acceptors (Lipinski definition) is 5. The fraction of sp³-hybridized carbons (Fsp3) is 0.619. The molecule has 152 valence electrons. The van der Waals surface area contributed by atoms with Gasteiger partial charge in [-0.25, -0.2) is 0 Å². The number of carbonyl (C=O) groups excluding carboxylic acids is 2. The first kappa shape index (κ1) is 19.1. The summed E-state index contributed by atoms with van der Waals surface area (Å²) in [5, 5.41) is 6.48. The second kappa shape index (κ2) is 8.82. The molecule has 1 aromatic rings. The van der Waals surface area contributed by atoms with Gasteiger partial charge in [0, 0.05) is 25.6 Å². The van der Waals surface area contributed by atoms with Crippen LogP contribution >= 0.6 is 0 Å². The summed E-state index contributed by atoms with van der Waals surface area (Å²) in [5.74, 6) is 2.03. The Morgan fingerprint density at radius 3 is 2.68 bits per heavy atom. The molecule has 3 heterocycles. The largest absolute Gasteiger partial charge is 0.485 e. The van der Waals surface area contributed by atoms with Crippen LogP contribution in [0.25, 0.3) is 0 Å². The molecule has 2 fully saturated rings. The number of nitrogens with one attached hydrogen (secondary N) is 2. The Labute approximate surface area is 165 Å². The van der Waals surface area contributed by atoms with Gasteiger partial charge in [-0.2, -0.15) is 0 Å². The summed E-state index contributed by atoms with van der Waals surface area (Å²) in [5.41, 5.74) is 0. The van der Waals surface area contributed by atoms with Crippen molar-refractivity contribution < 1.29 is 19.1 Å². The molecule has 2 amide bonds. The highest BCUT2D eigenvalue weighted by molar-refractivity contribution is 5.82. The molecular weight excluding hydrogens is 358 g/mol. The van der Waals surface area contributed by atoms with E-state index in [4.69, 9.17) is 9.47 Å². The van der Waals surface area contributed by atoms with Gasteiger partial charge in [-0.05, 0) is 56.8 Å². The molecule has 0 bridgehead atoms. The van der Waals surface area contributed by atoms with Crippen molar-refractivity contribution in [2.45, 2.75) is 44.2 Å². The minimum Gasteiger partial charge on any atom is -0.485 e. The highest BCUT2D eigenvalue weighted by Crippen LogP contribution is 2.31. The van der Waals surface area contributed by atoms with E-state index in [2.05, 4.69) is 10.6 Å². The number of para-hydroxylation sites is 2. The van der Waals surface area contributed by atoms with Gasteiger partial charge < -0.3 is 25.0 Å². The number of benzene rings is 1. The lowest BCUT2D eigenvalue weighted by molar-refractivity contribution is -0.142. The van der Waals surface area contributed by atoms with Gasteiger partial charge >= 0.3 is 0 Å². The van der Waals surface area contributed by atoms with E-state index >= 15 is 0 Å². The van der Waals surface area contributed by atoms with Gasteiger partial charge in [0.1, 0.15) is 6.61 Å². The average molecular weight is 387 g/mol. The monoisotopic (exact) mass is 387 g/mol. The Morgan fingerprint density at radius 1 is 1.14 bits per heavy atom. The Hall–Kier alpha value is -2.28. The molecule has 28 heavy (non-hydrogen) atoms. The Balaban J connectivity index is 1.19. The zero-order chi connectivity index (χ0) is 19.3. The van der Waals surface area contributed by atoms with E-state index in [1.165, 1.54) is 6.42 Å². The summed E-state index contributed by atoms with van der Waals surface area (Å²) < 4.78 is 11.5. The molecule has 3 aliphatic rings. The lowest BCUT2D eigenvalue weighted by Gasteiger charge is -2.35. The lowest BCUT2D eigenvalue weighted by atomic mass is 10.0. The molecule has 2 saturated heterocycles. The van der Waals surface area contributed by atoms with Crippen LogP contribution in [0.2, 0.25) is 0 Å². The minimum absolute atomic E-state index is 0.0342. The van der Waals surface area contributed by atoms with E-state index in [9.17, 15) is 9.59 Å². The number of nitrogens with zero attached hydrogens (tertiary/aromatic N) is 1. The van der Waals surface area contributed by atoms with E-state index in [-0.39, 0.29) is 24.5 Å². The predicted molar refractivity (Wildman–Crippen MR) is 104 cm³/mol. The third-order valence-electron chi connectivity index (χ3n) is 5.90. The SMILES string of the molecule is O=C(CCC1CCNC1)NC1CCN(C(=O)C2COc3ccccc3O2)CC1. The molecule has 0 saturated carbocycles. The topological polar surface area (TPSA) is 79.9 Å². The van der Waals surface area contributed by atoms with Crippen molar-refractivity contribution in [2.24, 2.45) is 5.92 Å². The van der Waals surface area contributed by atoms with Gasteiger partial charge in [-0.1, -0.05) is 12.1 Å². The summed E-state index contributed by atoms with van der Waals surface area (Å²) in [7, 11) is 0. The maximum atomic E-state index is 12.8. The van der Waals surface area contributed by atoms with Crippen LogP contribution in [0.1, 0.15) is 32.1 Å². The van der Waals surface area contributed by atoms with Crippen LogP contribution in [0, 0.1) is 5.92 Å². The molecule has 2 N–H and O–H groups in total. The summed E-state index contributed by atoms with van der Waals surface area (Å²) in [6, 6.07) is 7.56. The first-order valence-electron chi connectivity index (χ1n) is 10.4. The molecule has 7 heteroatoms. The second-order valence-electron chi connectivity index (χ2n) is 7.93. The molecule has 7 nitrogen and oxygen atoms in total. The van der Waals surface area contributed by atoms with Gasteiger partial charge in [0.05, 0.1) is 0 Å². The third-order valence-corrected chi connectivity index (χ3v) is 5.90. The van der Waals surface area contributed by atoms with Crippen molar-refractivity contribution in [3.05, 3.63) is 24.3 Å². The summed E-state index contributed by atoms with van der Waals surface area (Å²) in [6.07, 6.45) is 3.69. The number of hydrogen-bond donors (Lipinski definition) is 2. The van der Waals surface area contributed by atoms with Crippen LogP contribution in [0.5, 0.6) is 11.5 Å². The standard InChI is InChI=1S/C21H29N3O4/c25-20(6-5-15-7-10-22-13-15)23-16-8-11-24(12-9-16)21(26)19-14-27-17-3-1-2-4-18(17)28-19/h1-4,15-16,19,22H,5-14H2,(H,23,25). The fourth-order valence-corrected chi connectivity index (χ4v) is 4.18. The number of piperidine rings is 1. The van der Waals surface area contributed by atoms with Gasteiger partial charge in [0.15, 0.2) is 11.5 Å². The van der Waals surface area contributed by atoms with Crippen LogP contribution in [0.15, 0.2) is 24.3 Å². The van der Waals surface area contributed by atoms with Gasteiger partial charge in [-0.15, -0.1) is 0 Å². The van der Waals surface area contributed by atoms with E-state index in [1.54, 1.807) is 0 Å². The highest BCUT2D eigenvalue weighted by Gasteiger charge is 2.33. The minimum atomic E-state index is -0.596. The van der Waals surface area contributed by atoms with Crippen LogP contribution in [0.4, 0.5) is 0 Å². The van der Waals surface area contributed by atoms with Crippen molar-refractivity contribution in [3.63, 3.8) is 0 Å². The Morgan fingerprint density at radius 2 is 1.93 bits per heavy atom. The molecule has 0 aromatic heterocycles. The third kappa shape index (κ3) is 4.58. The van der Waals surface area contributed by atoms with Gasteiger partial charge in [0.25, 0.3) is 5.91 Å².